The van der Waals surface area contributed by atoms with E-state index in [0.29, 0.717) is 6.42 Å². The second-order valence-corrected chi connectivity index (χ2v) is 7.59. The molecule has 144 valence electrons. The molecule has 8 nitrogen and oxygen atoms in total. The number of H-pyrrole nitrogens is 1. The minimum atomic E-state index is -1.23. The molecule has 4 atom stereocenters. The van der Waals surface area contributed by atoms with Gasteiger partial charge < -0.3 is 14.9 Å². The summed E-state index contributed by atoms with van der Waals surface area (Å²) in [7, 11) is 0. The fourth-order valence-corrected chi connectivity index (χ4v) is 4.31. The molecule has 1 aromatic carbocycles. The molecule has 1 saturated heterocycles. The lowest BCUT2D eigenvalue weighted by atomic mass is 10.1. The van der Waals surface area contributed by atoms with Crippen LogP contribution in [0, 0.1) is 0 Å². The number of aromatic amines is 1. The van der Waals surface area contributed by atoms with Gasteiger partial charge in [0.05, 0.1) is 11.4 Å². The number of esters is 1. The number of hydrogen-bond donors (Lipinski definition) is 3. The number of aliphatic hydroxyl groups excluding tert-OH is 2. The third kappa shape index (κ3) is 4.68. The highest BCUT2D eigenvalue weighted by Gasteiger charge is 2.44. The van der Waals surface area contributed by atoms with Crippen LogP contribution in [0.4, 0.5) is 0 Å². The van der Waals surface area contributed by atoms with Gasteiger partial charge >= 0.3 is 11.7 Å². The van der Waals surface area contributed by atoms with Crippen LogP contribution in [0.25, 0.3) is 0 Å². The molecule has 9 heteroatoms. The molecule has 4 unspecified atom stereocenters. The maximum Gasteiger partial charge on any atom is 0.329 e. The summed E-state index contributed by atoms with van der Waals surface area (Å²) in [5, 5.41) is 19.1. The number of rotatable bonds is 6. The zero-order chi connectivity index (χ0) is 19.4. The van der Waals surface area contributed by atoms with E-state index < -0.39 is 40.1 Å². The van der Waals surface area contributed by atoms with E-state index in [1.54, 1.807) is 0 Å². The Kier molecular flexibility index (Phi) is 6.15. The molecule has 2 heterocycles. The monoisotopic (exact) mass is 392 g/mol. The second-order valence-electron chi connectivity index (χ2n) is 6.23. The Morgan fingerprint density at radius 1 is 1.15 bits per heavy atom. The summed E-state index contributed by atoms with van der Waals surface area (Å²) in [6.45, 7) is -0.0783. The van der Waals surface area contributed by atoms with E-state index >= 15 is 0 Å². The molecule has 1 aromatic heterocycles. The Balaban J connectivity index is 1.55. The molecule has 0 amide bonds. The Hall–Kier alpha value is -2.36. The Labute approximate surface area is 158 Å². The summed E-state index contributed by atoms with van der Waals surface area (Å²) in [6.07, 6.45) is -0.364. The first kappa shape index (κ1) is 19.4. The molecular weight excluding hydrogens is 372 g/mol. The largest absolute Gasteiger partial charge is 0.464 e. The number of nitrogens with zero attached hydrogens (tertiary/aromatic N) is 1. The lowest BCUT2D eigenvalue weighted by Gasteiger charge is -2.17. The molecule has 3 N–H and O–H groups in total. The number of benzene rings is 1. The molecule has 1 aliphatic rings. The molecule has 1 fully saturated rings. The Morgan fingerprint density at radius 3 is 2.59 bits per heavy atom. The van der Waals surface area contributed by atoms with Crippen LogP contribution in [0.3, 0.4) is 0 Å². The average molecular weight is 392 g/mol. The number of carbonyl (C=O) groups is 1. The molecular formula is C18H20N2O6S. The maximum absolute atomic E-state index is 11.9. The molecule has 1 aliphatic heterocycles. The van der Waals surface area contributed by atoms with Gasteiger partial charge in [-0.1, -0.05) is 30.3 Å². The first-order valence-corrected chi connectivity index (χ1v) is 9.42. The molecule has 0 aliphatic carbocycles. The normalized spacial score (nSPS) is 24.7. The van der Waals surface area contributed by atoms with Crippen molar-refractivity contribution >= 4 is 17.7 Å². The van der Waals surface area contributed by atoms with E-state index in [1.807, 2.05) is 30.3 Å². The summed E-state index contributed by atoms with van der Waals surface area (Å²) in [4.78, 5) is 37.1. The molecule has 0 saturated carbocycles. The smallest absolute Gasteiger partial charge is 0.329 e. The fraction of sp³-hybridized carbons (Fsp3) is 0.389. The van der Waals surface area contributed by atoms with Gasteiger partial charge in [0.1, 0.15) is 18.1 Å². The van der Waals surface area contributed by atoms with Crippen molar-refractivity contribution in [2.75, 3.05) is 6.61 Å². The number of nitrogens with one attached hydrogen (secondary N) is 1. The summed E-state index contributed by atoms with van der Waals surface area (Å²) < 4.78 is 6.37. The van der Waals surface area contributed by atoms with Crippen molar-refractivity contribution in [1.82, 2.24) is 9.55 Å². The highest BCUT2D eigenvalue weighted by Crippen LogP contribution is 2.41. The predicted octanol–water partition coefficient (Wildman–Crippen LogP) is 0.0484. The minimum Gasteiger partial charge on any atom is -0.464 e. The molecule has 0 bridgehead atoms. The van der Waals surface area contributed by atoms with E-state index in [4.69, 9.17) is 4.74 Å². The van der Waals surface area contributed by atoms with Crippen LogP contribution in [0.15, 0.2) is 52.2 Å². The Bertz CT molecular complexity index is 896. The van der Waals surface area contributed by atoms with Crippen LogP contribution in [0.1, 0.15) is 17.4 Å². The SMILES string of the molecule is O=C(CCc1ccccc1)OCC1SC(n2ccc(=O)[nH]c2=O)C(O)C1O. The number of aliphatic hydroxyl groups is 2. The summed E-state index contributed by atoms with van der Waals surface area (Å²) >= 11 is 1.12. The van der Waals surface area contributed by atoms with Gasteiger partial charge in [-0.15, -0.1) is 11.8 Å². The number of aryl methyl sites for hydroxylation is 1. The molecule has 0 spiro atoms. The van der Waals surface area contributed by atoms with Crippen LogP contribution < -0.4 is 11.2 Å². The van der Waals surface area contributed by atoms with Gasteiger partial charge in [-0.05, 0) is 12.0 Å². The predicted molar refractivity (Wildman–Crippen MR) is 99.5 cm³/mol. The summed E-state index contributed by atoms with van der Waals surface area (Å²) in [6, 6.07) is 10.7. The van der Waals surface area contributed by atoms with Crippen LogP contribution in [-0.4, -0.2) is 49.8 Å². The average Bonchev–Trinajstić information content (AvgIpc) is 2.94. The quantitative estimate of drug-likeness (QED) is 0.594. The van der Waals surface area contributed by atoms with Gasteiger partial charge in [0, 0.05) is 18.7 Å². The van der Waals surface area contributed by atoms with Crippen molar-refractivity contribution in [2.24, 2.45) is 0 Å². The van der Waals surface area contributed by atoms with E-state index in [9.17, 15) is 24.6 Å². The lowest BCUT2D eigenvalue weighted by Crippen LogP contribution is -2.37. The van der Waals surface area contributed by atoms with Crippen molar-refractivity contribution < 1.29 is 19.7 Å². The van der Waals surface area contributed by atoms with Crippen LogP contribution in [0.5, 0.6) is 0 Å². The number of thioether (sulfide) groups is 1. The second kappa shape index (κ2) is 8.55. The van der Waals surface area contributed by atoms with Crippen molar-refractivity contribution in [3.8, 4) is 0 Å². The highest BCUT2D eigenvalue weighted by atomic mass is 32.2. The number of carbonyl (C=O) groups excluding carboxylic acids is 1. The first-order valence-electron chi connectivity index (χ1n) is 8.48. The fourth-order valence-electron chi connectivity index (χ4n) is 2.86. The van der Waals surface area contributed by atoms with Crippen molar-refractivity contribution in [1.29, 1.82) is 0 Å². The van der Waals surface area contributed by atoms with Gasteiger partial charge in [-0.2, -0.15) is 0 Å². The number of aromatic nitrogens is 2. The zero-order valence-electron chi connectivity index (χ0n) is 14.4. The third-order valence-corrected chi connectivity index (χ3v) is 5.88. The van der Waals surface area contributed by atoms with E-state index in [0.717, 1.165) is 28.0 Å². The molecule has 0 radical (unpaired) electrons. The summed E-state index contributed by atoms with van der Waals surface area (Å²) in [5.41, 5.74) is -0.192. The van der Waals surface area contributed by atoms with E-state index in [-0.39, 0.29) is 13.0 Å². The van der Waals surface area contributed by atoms with Gasteiger partial charge in [0.15, 0.2) is 0 Å². The lowest BCUT2D eigenvalue weighted by molar-refractivity contribution is -0.144. The number of ether oxygens (including phenoxy) is 1. The first-order chi connectivity index (χ1) is 13.0. The maximum atomic E-state index is 11.9. The van der Waals surface area contributed by atoms with Crippen LogP contribution >= 0.6 is 11.8 Å². The van der Waals surface area contributed by atoms with Crippen LogP contribution in [0.2, 0.25) is 0 Å². The van der Waals surface area contributed by atoms with E-state index in [1.165, 1.54) is 6.20 Å². The Morgan fingerprint density at radius 2 is 1.89 bits per heavy atom. The van der Waals surface area contributed by atoms with Crippen molar-refractivity contribution in [2.45, 2.75) is 35.7 Å². The zero-order valence-corrected chi connectivity index (χ0v) is 15.2. The minimum absolute atomic E-state index is 0.0783. The molecule has 3 rings (SSSR count). The van der Waals surface area contributed by atoms with Gasteiger partial charge in [0.2, 0.25) is 0 Å². The van der Waals surface area contributed by atoms with Gasteiger partial charge in [-0.25, -0.2) is 4.79 Å². The number of hydrogen-bond acceptors (Lipinski definition) is 7. The van der Waals surface area contributed by atoms with Crippen molar-refractivity contribution in [3.05, 3.63) is 69.0 Å². The summed E-state index contributed by atoms with van der Waals surface area (Å²) in [5.74, 6) is -0.397. The topological polar surface area (TPSA) is 122 Å². The van der Waals surface area contributed by atoms with Crippen LogP contribution in [-0.2, 0) is 16.0 Å². The highest BCUT2D eigenvalue weighted by molar-refractivity contribution is 8.00. The molecule has 27 heavy (non-hydrogen) atoms. The van der Waals surface area contributed by atoms with E-state index in [2.05, 4.69) is 4.98 Å². The third-order valence-electron chi connectivity index (χ3n) is 4.33. The van der Waals surface area contributed by atoms with Crippen molar-refractivity contribution in [3.63, 3.8) is 0 Å². The molecule has 2 aromatic rings. The van der Waals surface area contributed by atoms with Gasteiger partial charge in [-0.3, -0.25) is 19.1 Å². The van der Waals surface area contributed by atoms with Gasteiger partial charge in [0.25, 0.3) is 5.56 Å². The standard InChI is InChI=1S/C18H20N2O6S/c21-13-8-9-20(18(25)19-13)17-16(24)15(23)12(27-17)10-26-14(22)7-6-11-4-2-1-3-5-11/h1-5,8-9,12,15-17,23-24H,6-7,10H2,(H,19,21,25).